The molecular formula is C17H22N2O2S. The van der Waals surface area contributed by atoms with E-state index in [4.69, 9.17) is 0 Å². The molecule has 0 unspecified atom stereocenters. The third-order valence-electron chi connectivity index (χ3n) is 4.44. The Morgan fingerprint density at radius 1 is 1.14 bits per heavy atom. The van der Waals surface area contributed by atoms with Gasteiger partial charge in [0.2, 0.25) is 10.0 Å². The zero-order chi connectivity index (χ0) is 16.0. The van der Waals surface area contributed by atoms with Crippen molar-refractivity contribution in [1.29, 1.82) is 0 Å². The van der Waals surface area contributed by atoms with Crippen molar-refractivity contribution < 1.29 is 8.42 Å². The molecule has 1 aliphatic carbocycles. The summed E-state index contributed by atoms with van der Waals surface area (Å²) in [4.78, 5) is 4.33. The smallest absolute Gasteiger partial charge is 0.247 e. The van der Waals surface area contributed by atoms with Crippen LogP contribution in [-0.2, 0) is 16.4 Å². The second kappa shape index (κ2) is 4.95. The lowest BCUT2D eigenvalue weighted by molar-refractivity contribution is 0.558. The summed E-state index contributed by atoms with van der Waals surface area (Å²) in [6.45, 7) is 6.40. The predicted molar refractivity (Wildman–Crippen MR) is 89.3 cm³/mol. The summed E-state index contributed by atoms with van der Waals surface area (Å²) in [7, 11) is -3.53. The number of aromatic nitrogens is 1. The highest BCUT2D eigenvalue weighted by atomic mass is 32.2. The molecule has 2 heterocycles. The van der Waals surface area contributed by atoms with Crippen molar-refractivity contribution in [2.24, 2.45) is 5.41 Å². The van der Waals surface area contributed by atoms with Crippen LogP contribution in [0.4, 0.5) is 5.69 Å². The molecule has 0 aromatic carbocycles. The number of fused-ring (bicyclic) bond motifs is 1. The minimum Gasteiger partial charge on any atom is -0.267 e. The second-order valence-corrected chi connectivity index (χ2v) is 9.09. The molecule has 0 bridgehead atoms. The normalized spacial score (nSPS) is 22.4. The van der Waals surface area contributed by atoms with Gasteiger partial charge in [-0.05, 0) is 31.9 Å². The molecule has 0 fully saturated rings. The second-order valence-electron chi connectivity index (χ2n) is 6.82. The number of sulfonamides is 1. The van der Waals surface area contributed by atoms with Gasteiger partial charge in [0.15, 0.2) is 0 Å². The van der Waals surface area contributed by atoms with Crippen molar-refractivity contribution in [3.63, 3.8) is 0 Å². The van der Waals surface area contributed by atoms with Crippen molar-refractivity contribution in [3.8, 4) is 0 Å². The van der Waals surface area contributed by atoms with Crippen LogP contribution in [0.2, 0.25) is 0 Å². The first kappa shape index (κ1) is 15.3. The molecule has 0 saturated heterocycles. The minimum absolute atomic E-state index is 0.101. The summed E-state index contributed by atoms with van der Waals surface area (Å²) in [6.07, 6.45) is 10.9. The van der Waals surface area contributed by atoms with Crippen LogP contribution in [0.1, 0.15) is 32.9 Å². The molecule has 0 radical (unpaired) electrons. The van der Waals surface area contributed by atoms with E-state index in [1.807, 2.05) is 30.4 Å². The van der Waals surface area contributed by atoms with Gasteiger partial charge in [0.1, 0.15) is 4.75 Å². The standard InChI is InChI=1S/C17H22N2O2S/c1-16(2)8-10-17(3,11-9-16)22(20,21)19-13-5-6-14-15(19)7-4-12-18-14/h4,7-12H,5-6,13H2,1-3H3. The highest BCUT2D eigenvalue weighted by Crippen LogP contribution is 2.37. The van der Waals surface area contributed by atoms with Crippen LogP contribution >= 0.6 is 0 Å². The van der Waals surface area contributed by atoms with Gasteiger partial charge in [-0.1, -0.05) is 38.2 Å². The quantitative estimate of drug-likeness (QED) is 0.787. The van der Waals surface area contributed by atoms with Crippen LogP contribution in [0.15, 0.2) is 42.6 Å². The minimum atomic E-state index is -3.53. The van der Waals surface area contributed by atoms with E-state index in [0.717, 1.165) is 24.2 Å². The van der Waals surface area contributed by atoms with Gasteiger partial charge in [-0.25, -0.2) is 8.42 Å². The maximum atomic E-state index is 13.2. The van der Waals surface area contributed by atoms with E-state index in [1.54, 1.807) is 19.2 Å². The van der Waals surface area contributed by atoms with Gasteiger partial charge >= 0.3 is 0 Å². The largest absolute Gasteiger partial charge is 0.267 e. The number of hydrogen-bond acceptors (Lipinski definition) is 3. The molecule has 3 rings (SSSR count). The van der Waals surface area contributed by atoms with Gasteiger partial charge in [0, 0.05) is 18.2 Å². The molecule has 0 atom stereocenters. The molecule has 0 N–H and O–H groups in total. The lowest BCUT2D eigenvalue weighted by Gasteiger charge is -2.37. The molecule has 1 aromatic rings. The summed E-state index contributed by atoms with van der Waals surface area (Å²) in [5.41, 5.74) is 1.49. The number of hydrogen-bond donors (Lipinski definition) is 0. The van der Waals surface area contributed by atoms with E-state index in [-0.39, 0.29) is 5.41 Å². The van der Waals surface area contributed by atoms with Crippen LogP contribution < -0.4 is 4.31 Å². The summed E-state index contributed by atoms with van der Waals surface area (Å²) < 4.78 is 27.0. The maximum absolute atomic E-state index is 13.2. The zero-order valence-electron chi connectivity index (χ0n) is 13.3. The van der Waals surface area contributed by atoms with E-state index in [2.05, 4.69) is 18.8 Å². The molecular weight excluding hydrogens is 296 g/mol. The fourth-order valence-corrected chi connectivity index (χ4v) is 4.64. The third kappa shape index (κ3) is 2.37. The number of pyridine rings is 1. The highest BCUT2D eigenvalue weighted by molar-refractivity contribution is 7.94. The van der Waals surface area contributed by atoms with Crippen LogP contribution in [-0.4, -0.2) is 24.7 Å². The SMILES string of the molecule is CC1(C)C=CC(C)(S(=O)(=O)N2CCCc3ncccc32)C=C1. The van der Waals surface area contributed by atoms with Gasteiger partial charge in [-0.15, -0.1) is 0 Å². The maximum Gasteiger partial charge on any atom is 0.247 e. The lowest BCUT2D eigenvalue weighted by atomic mass is 9.86. The Balaban J connectivity index is 2.04. The first-order valence-corrected chi connectivity index (χ1v) is 9.06. The first-order valence-electron chi connectivity index (χ1n) is 7.62. The number of rotatable bonds is 2. The molecule has 0 amide bonds. The molecule has 1 aromatic heterocycles. The molecule has 0 spiro atoms. The Bertz CT molecular complexity index is 732. The van der Waals surface area contributed by atoms with Gasteiger partial charge in [-0.2, -0.15) is 0 Å². The number of nitrogens with zero attached hydrogens (tertiary/aromatic N) is 2. The van der Waals surface area contributed by atoms with E-state index in [1.165, 1.54) is 4.31 Å². The first-order chi connectivity index (χ1) is 10.3. The molecule has 0 saturated carbocycles. The number of anilines is 1. The fourth-order valence-electron chi connectivity index (χ4n) is 2.89. The third-order valence-corrected chi connectivity index (χ3v) is 6.79. The zero-order valence-corrected chi connectivity index (χ0v) is 14.1. The summed E-state index contributed by atoms with van der Waals surface area (Å²) in [5.74, 6) is 0. The van der Waals surface area contributed by atoms with Crippen molar-refractivity contribution in [2.45, 2.75) is 38.4 Å². The average molecular weight is 318 g/mol. The Morgan fingerprint density at radius 3 is 2.50 bits per heavy atom. The van der Waals surface area contributed by atoms with E-state index >= 15 is 0 Å². The van der Waals surface area contributed by atoms with Crippen LogP contribution in [0.25, 0.3) is 0 Å². The van der Waals surface area contributed by atoms with E-state index < -0.39 is 14.8 Å². The van der Waals surface area contributed by atoms with Gasteiger partial charge < -0.3 is 0 Å². The van der Waals surface area contributed by atoms with E-state index in [0.29, 0.717) is 6.54 Å². The molecule has 118 valence electrons. The Morgan fingerprint density at radius 2 is 1.82 bits per heavy atom. The highest BCUT2D eigenvalue weighted by Gasteiger charge is 2.43. The topological polar surface area (TPSA) is 50.3 Å². The molecule has 4 nitrogen and oxygen atoms in total. The van der Waals surface area contributed by atoms with Crippen molar-refractivity contribution in [1.82, 2.24) is 4.98 Å². The number of aryl methyl sites for hydroxylation is 1. The fraction of sp³-hybridized carbons (Fsp3) is 0.471. The van der Waals surface area contributed by atoms with Gasteiger partial charge in [0.25, 0.3) is 0 Å². The van der Waals surface area contributed by atoms with Gasteiger partial charge in [-0.3, -0.25) is 9.29 Å². The van der Waals surface area contributed by atoms with Crippen molar-refractivity contribution in [2.75, 3.05) is 10.8 Å². The van der Waals surface area contributed by atoms with Gasteiger partial charge in [0.05, 0.1) is 11.4 Å². The van der Waals surface area contributed by atoms with Crippen LogP contribution in [0.3, 0.4) is 0 Å². The van der Waals surface area contributed by atoms with E-state index in [9.17, 15) is 8.42 Å². The Kier molecular flexibility index (Phi) is 3.44. The monoisotopic (exact) mass is 318 g/mol. The summed E-state index contributed by atoms with van der Waals surface area (Å²) in [5, 5.41) is 0. The Hall–Kier alpha value is -1.62. The average Bonchev–Trinajstić information content (AvgIpc) is 2.50. The Labute approximate surface area is 132 Å². The summed E-state index contributed by atoms with van der Waals surface area (Å²) >= 11 is 0. The molecule has 22 heavy (non-hydrogen) atoms. The number of allylic oxidation sites excluding steroid dienone is 2. The van der Waals surface area contributed by atoms with Crippen LogP contribution in [0.5, 0.6) is 0 Å². The molecule has 5 heteroatoms. The predicted octanol–water partition coefficient (Wildman–Crippen LogP) is 3.07. The molecule has 2 aliphatic rings. The van der Waals surface area contributed by atoms with Crippen LogP contribution in [0, 0.1) is 5.41 Å². The molecule has 1 aliphatic heterocycles. The lowest BCUT2D eigenvalue weighted by Crippen LogP contribution is -2.47. The van der Waals surface area contributed by atoms with Crippen molar-refractivity contribution in [3.05, 3.63) is 48.3 Å². The summed E-state index contributed by atoms with van der Waals surface area (Å²) in [6, 6.07) is 3.65. The van der Waals surface area contributed by atoms with Crippen molar-refractivity contribution >= 4 is 15.7 Å².